The van der Waals surface area contributed by atoms with E-state index >= 15 is 0 Å². The van der Waals surface area contributed by atoms with Gasteiger partial charge in [-0.05, 0) is 75.2 Å². The van der Waals surface area contributed by atoms with Gasteiger partial charge in [-0.1, -0.05) is 25.7 Å². The van der Waals surface area contributed by atoms with Crippen LogP contribution >= 0.6 is 12.4 Å². The lowest BCUT2D eigenvalue weighted by Crippen LogP contribution is -2.04. The van der Waals surface area contributed by atoms with E-state index in [0.717, 1.165) is 69.0 Å². The number of nitrogens with zero attached hydrogens (tertiary/aromatic N) is 2. The van der Waals surface area contributed by atoms with Crippen LogP contribution in [0.3, 0.4) is 0 Å². The Bertz CT molecular complexity index is 1160. The molecule has 0 radical (unpaired) electrons. The number of aromatic nitrogens is 2. The summed E-state index contributed by atoms with van der Waals surface area (Å²) in [7, 11) is 0. The molecule has 2 heterocycles. The Morgan fingerprint density at radius 3 is 1.43 bits per heavy atom. The second-order valence-corrected chi connectivity index (χ2v) is 9.15. The minimum atomic E-state index is 0. The van der Waals surface area contributed by atoms with Crippen LogP contribution in [0.15, 0.2) is 48.5 Å². The van der Waals surface area contributed by atoms with Crippen LogP contribution in [0.1, 0.15) is 49.9 Å². The number of aryl methyl sites for hydroxylation is 2. The second kappa shape index (κ2) is 12.5. The molecular formula is C28H37ClN6. The van der Waals surface area contributed by atoms with E-state index in [1.54, 1.807) is 0 Å². The van der Waals surface area contributed by atoms with Gasteiger partial charge in [0.05, 0.1) is 11.0 Å². The maximum atomic E-state index is 5.91. The molecule has 0 saturated carbocycles. The monoisotopic (exact) mass is 492 g/mol. The lowest BCUT2D eigenvalue weighted by atomic mass is 10.1. The number of fused-ring (bicyclic) bond motifs is 2. The molecule has 186 valence electrons. The highest BCUT2D eigenvalue weighted by Gasteiger charge is 2.05. The summed E-state index contributed by atoms with van der Waals surface area (Å²) in [6.07, 6.45) is 7.36. The molecule has 2 aromatic heterocycles. The molecule has 6 N–H and O–H groups in total. The van der Waals surface area contributed by atoms with E-state index in [-0.39, 0.29) is 12.4 Å². The van der Waals surface area contributed by atoms with Gasteiger partial charge in [0.15, 0.2) is 0 Å². The van der Waals surface area contributed by atoms with E-state index in [2.05, 4.69) is 44.9 Å². The zero-order chi connectivity index (χ0) is 23.9. The van der Waals surface area contributed by atoms with Crippen molar-refractivity contribution < 1.29 is 0 Å². The molecule has 0 unspecified atom stereocenters. The van der Waals surface area contributed by atoms with Gasteiger partial charge in [0, 0.05) is 58.0 Å². The van der Waals surface area contributed by atoms with Crippen LogP contribution < -0.4 is 22.1 Å². The number of hydrogen-bond donors (Lipinski definition) is 4. The van der Waals surface area contributed by atoms with Gasteiger partial charge >= 0.3 is 0 Å². The minimum Gasteiger partial charge on any atom is -0.399 e. The summed E-state index contributed by atoms with van der Waals surface area (Å²) in [6.45, 7) is 6.00. The fourth-order valence-corrected chi connectivity index (χ4v) is 4.45. The maximum absolute atomic E-state index is 5.91. The van der Waals surface area contributed by atoms with Crippen molar-refractivity contribution in [3.8, 4) is 0 Å². The number of nitrogens with two attached hydrogens (primary N) is 2. The van der Waals surface area contributed by atoms with Crippen LogP contribution in [0.5, 0.6) is 0 Å². The van der Waals surface area contributed by atoms with Crippen LogP contribution in [-0.4, -0.2) is 23.1 Å². The zero-order valence-electron chi connectivity index (χ0n) is 20.7. The number of anilines is 4. The first-order valence-electron chi connectivity index (χ1n) is 12.3. The van der Waals surface area contributed by atoms with E-state index in [0.29, 0.717) is 0 Å². The maximum Gasteiger partial charge on any atom is 0.0746 e. The Labute approximate surface area is 214 Å². The quantitative estimate of drug-likeness (QED) is 0.135. The number of benzene rings is 2. The predicted octanol–water partition coefficient (Wildman–Crippen LogP) is 6.85. The number of unbranched alkanes of at least 4 members (excludes halogenated alkanes) is 5. The van der Waals surface area contributed by atoms with Gasteiger partial charge in [0.2, 0.25) is 0 Å². The molecule has 2 aromatic carbocycles. The smallest absolute Gasteiger partial charge is 0.0746 e. The first kappa shape index (κ1) is 26.4. The highest BCUT2D eigenvalue weighted by Crippen LogP contribution is 2.26. The fraction of sp³-hybridized carbons (Fsp3) is 0.357. The van der Waals surface area contributed by atoms with Gasteiger partial charge in [-0.2, -0.15) is 0 Å². The number of nitrogens with one attached hydrogen (secondary N) is 2. The second-order valence-electron chi connectivity index (χ2n) is 9.15. The highest BCUT2D eigenvalue weighted by molar-refractivity contribution is 5.94. The molecule has 0 amide bonds. The average molecular weight is 493 g/mol. The molecule has 0 aliphatic carbocycles. The van der Waals surface area contributed by atoms with Crippen molar-refractivity contribution in [2.75, 3.05) is 35.2 Å². The molecule has 0 spiro atoms. The van der Waals surface area contributed by atoms with Gasteiger partial charge in [0.25, 0.3) is 0 Å². The number of rotatable bonds is 11. The van der Waals surface area contributed by atoms with Gasteiger partial charge in [-0.15, -0.1) is 12.4 Å². The summed E-state index contributed by atoms with van der Waals surface area (Å²) >= 11 is 0. The molecular weight excluding hydrogens is 456 g/mol. The molecule has 0 saturated heterocycles. The van der Waals surface area contributed by atoms with E-state index in [4.69, 9.17) is 11.5 Å². The molecule has 0 aliphatic rings. The minimum absolute atomic E-state index is 0. The molecule has 0 fully saturated rings. The van der Waals surface area contributed by atoms with E-state index < -0.39 is 0 Å². The van der Waals surface area contributed by atoms with Gasteiger partial charge in [-0.25, -0.2) is 0 Å². The van der Waals surface area contributed by atoms with Crippen LogP contribution in [0.25, 0.3) is 21.8 Å². The van der Waals surface area contributed by atoms with Gasteiger partial charge < -0.3 is 22.1 Å². The fourth-order valence-electron chi connectivity index (χ4n) is 4.45. The molecule has 0 atom stereocenters. The Hall–Kier alpha value is -3.25. The van der Waals surface area contributed by atoms with Gasteiger partial charge in [-0.3, -0.25) is 9.97 Å². The standard InChI is InChI=1S/C28H36N6.ClH/c1-19-15-25(23-11-9-21(29)17-27(23)33-19)31-13-7-5-3-4-6-8-14-32-26-16-20(2)34-28-18-22(30)10-12-24(26)28;/h9-12,15-18H,3-8,13-14,29-30H2,1-2H3,(H,31,33)(H,32,34);1H. The highest BCUT2D eigenvalue weighted by atomic mass is 35.5. The Morgan fingerprint density at radius 2 is 1.00 bits per heavy atom. The zero-order valence-corrected chi connectivity index (χ0v) is 21.5. The van der Waals surface area contributed by atoms with E-state index in [9.17, 15) is 0 Å². The number of hydrogen-bond acceptors (Lipinski definition) is 6. The molecule has 7 heteroatoms. The largest absolute Gasteiger partial charge is 0.399 e. The van der Waals surface area contributed by atoms with Crippen LogP contribution in [-0.2, 0) is 0 Å². The van der Waals surface area contributed by atoms with E-state index in [1.165, 1.54) is 38.5 Å². The van der Waals surface area contributed by atoms with Crippen LogP contribution in [0.4, 0.5) is 22.7 Å². The molecule has 6 nitrogen and oxygen atoms in total. The molecule has 35 heavy (non-hydrogen) atoms. The van der Waals surface area contributed by atoms with Crippen LogP contribution in [0.2, 0.25) is 0 Å². The van der Waals surface area contributed by atoms with Crippen molar-refractivity contribution >= 4 is 57.0 Å². The third-order valence-corrected chi connectivity index (χ3v) is 6.16. The Balaban J connectivity index is 0.00000342. The van der Waals surface area contributed by atoms with Crippen LogP contribution in [0, 0.1) is 13.8 Å². The number of nitrogen functional groups attached to an aromatic ring is 2. The topological polar surface area (TPSA) is 102 Å². The van der Waals surface area contributed by atoms with Gasteiger partial charge in [0.1, 0.15) is 0 Å². The van der Waals surface area contributed by atoms with Crippen molar-refractivity contribution in [1.29, 1.82) is 0 Å². The SMILES string of the molecule is Cc1cc(NCCCCCCCCNc2cc(C)nc3cc(N)ccc23)c2ccc(N)cc2n1.Cl. The third-order valence-electron chi connectivity index (χ3n) is 6.16. The lowest BCUT2D eigenvalue weighted by molar-refractivity contribution is 0.610. The van der Waals surface area contributed by atoms with Crippen molar-refractivity contribution in [2.24, 2.45) is 0 Å². The van der Waals surface area contributed by atoms with Crippen molar-refractivity contribution in [2.45, 2.75) is 52.4 Å². The third kappa shape index (κ3) is 7.12. The predicted molar refractivity (Wildman–Crippen MR) is 154 cm³/mol. The molecule has 4 aromatic rings. The average Bonchev–Trinajstić information content (AvgIpc) is 2.79. The normalized spacial score (nSPS) is 10.9. The van der Waals surface area contributed by atoms with Crippen molar-refractivity contribution in [3.05, 3.63) is 59.9 Å². The Morgan fingerprint density at radius 1 is 0.600 bits per heavy atom. The number of pyridine rings is 2. The summed E-state index contributed by atoms with van der Waals surface area (Å²) in [6, 6.07) is 16.1. The summed E-state index contributed by atoms with van der Waals surface area (Å²) in [5.41, 5.74) is 19.5. The number of halogens is 1. The summed E-state index contributed by atoms with van der Waals surface area (Å²) in [5.74, 6) is 0. The summed E-state index contributed by atoms with van der Waals surface area (Å²) in [5, 5.41) is 9.46. The first-order valence-corrected chi connectivity index (χ1v) is 12.3. The summed E-state index contributed by atoms with van der Waals surface area (Å²) in [4.78, 5) is 9.20. The first-order chi connectivity index (χ1) is 16.5. The molecule has 4 rings (SSSR count). The molecule has 0 bridgehead atoms. The molecule has 0 aliphatic heterocycles. The Kier molecular flexibility index (Phi) is 9.38. The van der Waals surface area contributed by atoms with E-state index in [1.807, 2.05) is 38.1 Å². The lowest BCUT2D eigenvalue weighted by Gasteiger charge is -2.12. The van der Waals surface area contributed by atoms with Crippen molar-refractivity contribution in [1.82, 2.24) is 9.97 Å². The van der Waals surface area contributed by atoms with Crippen molar-refractivity contribution in [3.63, 3.8) is 0 Å². The summed E-state index contributed by atoms with van der Waals surface area (Å²) < 4.78 is 0.